The van der Waals surface area contributed by atoms with Crippen molar-refractivity contribution in [3.63, 3.8) is 0 Å². The Morgan fingerprint density at radius 1 is 1.26 bits per heavy atom. The Kier molecular flexibility index (Phi) is 4.16. The molecule has 0 aliphatic carbocycles. The van der Waals surface area contributed by atoms with Crippen molar-refractivity contribution in [1.29, 1.82) is 0 Å². The third-order valence-corrected chi connectivity index (χ3v) is 4.48. The van der Waals surface area contributed by atoms with E-state index in [1.54, 1.807) is 11.5 Å². The molecule has 4 nitrogen and oxygen atoms in total. The zero-order valence-corrected chi connectivity index (χ0v) is 13.8. The standard InChI is InChI=1S/C14H26N4S/c1-10(2)11-9-17(6)7-8-18(11)13-15-12(16-19-13)14(3,4)5/h10-11H,7-9H2,1-6H3. The lowest BCUT2D eigenvalue weighted by Gasteiger charge is -2.41. The highest BCUT2D eigenvalue weighted by Crippen LogP contribution is 2.29. The molecule has 1 atom stereocenters. The molecule has 0 spiro atoms. The van der Waals surface area contributed by atoms with Gasteiger partial charge in [0.25, 0.3) is 0 Å². The number of aromatic nitrogens is 2. The SMILES string of the molecule is CC(C)C1CN(C)CCN1c1nc(C(C)(C)C)ns1. The van der Waals surface area contributed by atoms with E-state index in [2.05, 4.69) is 55.8 Å². The Hall–Kier alpha value is -0.680. The van der Waals surface area contributed by atoms with E-state index in [4.69, 9.17) is 4.98 Å². The molecule has 0 N–H and O–H groups in total. The molecule has 1 aliphatic heterocycles. The van der Waals surface area contributed by atoms with Gasteiger partial charge in [0.15, 0.2) is 0 Å². The monoisotopic (exact) mass is 282 g/mol. The van der Waals surface area contributed by atoms with Gasteiger partial charge >= 0.3 is 0 Å². The lowest BCUT2D eigenvalue weighted by atomic mass is 9.96. The number of likely N-dealkylation sites (N-methyl/N-ethyl adjacent to an activating group) is 1. The average Bonchev–Trinajstić information content (AvgIpc) is 2.77. The van der Waals surface area contributed by atoms with Crippen LogP contribution in [0.3, 0.4) is 0 Å². The first-order valence-corrected chi connectivity index (χ1v) is 7.85. The van der Waals surface area contributed by atoms with Crippen LogP contribution in [0.1, 0.15) is 40.4 Å². The van der Waals surface area contributed by atoms with Crippen LogP contribution in [0.25, 0.3) is 0 Å². The van der Waals surface area contributed by atoms with E-state index in [1.165, 1.54) is 0 Å². The molecule has 5 heteroatoms. The van der Waals surface area contributed by atoms with Gasteiger partial charge in [0.05, 0.1) is 0 Å². The largest absolute Gasteiger partial charge is 0.341 e. The molecule has 1 aromatic rings. The van der Waals surface area contributed by atoms with E-state index in [-0.39, 0.29) is 5.41 Å². The van der Waals surface area contributed by atoms with Crippen molar-refractivity contribution >= 4 is 16.7 Å². The quantitative estimate of drug-likeness (QED) is 0.834. The van der Waals surface area contributed by atoms with Crippen molar-refractivity contribution in [2.45, 2.75) is 46.1 Å². The molecular weight excluding hydrogens is 256 g/mol. The minimum atomic E-state index is 0.0364. The predicted molar refractivity (Wildman–Crippen MR) is 82.1 cm³/mol. The summed E-state index contributed by atoms with van der Waals surface area (Å²) >= 11 is 1.55. The fourth-order valence-electron chi connectivity index (χ4n) is 2.40. The normalized spacial score (nSPS) is 22.3. The molecule has 2 heterocycles. The summed E-state index contributed by atoms with van der Waals surface area (Å²) in [5, 5.41) is 1.09. The summed E-state index contributed by atoms with van der Waals surface area (Å²) in [4.78, 5) is 9.64. The second-order valence-corrected chi connectivity index (χ2v) is 7.65. The summed E-state index contributed by atoms with van der Waals surface area (Å²) in [5.41, 5.74) is 0.0364. The zero-order valence-electron chi connectivity index (χ0n) is 13.0. The first-order chi connectivity index (χ1) is 8.79. The van der Waals surface area contributed by atoms with E-state index < -0.39 is 0 Å². The number of hydrogen-bond donors (Lipinski definition) is 0. The fourth-order valence-corrected chi connectivity index (χ4v) is 3.34. The molecule has 19 heavy (non-hydrogen) atoms. The molecule has 1 aliphatic rings. The van der Waals surface area contributed by atoms with Crippen LogP contribution in [0.15, 0.2) is 0 Å². The van der Waals surface area contributed by atoms with Crippen LogP contribution in [-0.4, -0.2) is 47.0 Å². The Morgan fingerprint density at radius 3 is 2.47 bits per heavy atom. The molecule has 2 rings (SSSR count). The van der Waals surface area contributed by atoms with Gasteiger partial charge in [-0.2, -0.15) is 4.37 Å². The molecular formula is C14H26N4S. The summed E-state index contributed by atoms with van der Waals surface area (Å²) in [6.45, 7) is 14.4. The summed E-state index contributed by atoms with van der Waals surface area (Å²) in [7, 11) is 2.20. The minimum Gasteiger partial charge on any atom is -0.341 e. The topological polar surface area (TPSA) is 32.3 Å². The Morgan fingerprint density at radius 2 is 1.95 bits per heavy atom. The lowest BCUT2D eigenvalue weighted by molar-refractivity contribution is 0.236. The lowest BCUT2D eigenvalue weighted by Crippen LogP contribution is -2.54. The first-order valence-electron chi connectivity index (χ1n) is 7.08. The van der Waals surface area contributed by atoms with Crippen LogP contribution >= 0.6 is 11.5 Å². The van der Waals surface area contributed by atoms with Gasteiger partial charge in [-0.3, -0.25) is 0 Å². The first kappa shape index (κ1) is 14.7. The maximum atomic E-state index is 4.78. The van der Waals surface area contributed by atoms with Crippen molar-refractivity contribution in [3.05, 3.63) is 5.82 Å². The van der Waals surface area contributed by atoms with E-state index in [0.29, 0.717) is 12.0 Å². The Labute approximate surface area is 121 Å². The number of nitrogens with zero attached hydrogens (tertiary/aromatic N) is 4. The fraction of sp³-hybridized carbons (Fsp3) is 0.857. The summed E-state index contributed by atoms with van der Waals surface area (Å²) in [5.74, 6) is 1.60. The van der Waals surface area contributed by atoms with Gasteiger partial charge in [-0.1, -0.05) is 34.6 Å². The summed E-state index contributed by atoms with van der Waals surface area (Å²) in [6, 6.07) is 0.541. The van der Waals surface area contributed by atoms with E-state index >= 15 is 0 Å². The molecule has 1 fully saturated rings. The molecule has 0 saturated carbocycles. The highest BCUT2D eigenvalue weighted by Gasteiger charge is 2.31. The summed E-state index contributed by atoms with van der Waals surface area (Å²) in [6.07, 6.45) is 0. The third kappa shape index (κ3) is 3.26. The van der Waals surface area contributed by atoms with E-state index in [0.717, 1.165) is 30.6 Å². The molecule has 1 unspecified atom stereocenters. The van der Waals surface area contributed by atoms with Gasteiger partial charge in [0, 0.05) is 42.6 Å². The second kappa shape index (κ2) is 5.37. The van der Waals surface area contributed by atoms with Crippen molar-refractivity contribution in [2.24, 2.45) is 5.92 Å². The van der Waals surface area contributed by atoms with Crippen molar-refractivity contribution < 1.29 is 0 Å². The molecule has 0 aromatic carbocycles. The Balaban J connectivity index is 2.22. The smallest absolute Gasteiger partial charge is 0.205 e. The van der Waals surface area contributed by atoms with Gasteiger partial charge < -0.3 is 9.80 Å². The third-order valence-electron chi connectivity index (χ3n) is 3.72. The molecule has 108 valence electrons. The second-order valence-electron chi connectivity index (χ2n) is 6.92. The maximum absolute atomic E-state index is 4.78. The number of rotatable bonds is 2. The average molecular weight is 282 g/mol. The van der Waals surface area contributed by atoms with Crippen molar-refractivity contribution in [2.75, 3.05) is 31.6 Å². The van der Waals surface area contributed by atoms with Crippen LogP contribution in [0.5, 0.6) is 0 Å². The number of hydrogen-bond acceptors (Lipinski definition) is 5. The molecule has 0 amide bonds. The van der Waals surface area contributed by atoms with Gasteiger partial charge in [-0.25, -0.2) is 4.98 Å². The Bertz CT molecular complexity index is 421. The molecule has 0 radical (unpaired) electrons. The van der Waals surface area contributed by atoms with Crippen molar-refractivity contribution in [1.82, 2.24) is 14.3 Å². The predicted octanol–water partition coefficient (Wildman–Crippen LogP) is 2.61. The van der Waals surface area contributed by atoms with Gasteiger partial charge in [-0.15, -0.1) is 0 Å². The van der Waals surface area contributed by atoms with Crippen LogP contribution < -0.4 is 4.90 Å². The highest BCUT2D eigenvalue weighted by molar-refractivity contribution is 7.09. The molecule has 1 saturated heterocycles. The van der Waals surface area contributed by atoms with Crippen LogP contribution in [-0.2, 0) is 5.41 Å². The van der Waals surface area contributed by atoms with Crippen molar-refractivity contribution in [3.8, 4) is 0 Å². The highest BCUT2D eigenvalue weighted by atomic mass is 32.1. The summed E-state index contributed by atoms with van der Waals surface area (Å²) < 4.78 is 4.55. The van der Waals surface area contributed by atoms with Crippen LogP contribution in [0.4, 0.5) is 5.13 Å². The number of piperazine rings is 1. The van der Waals surface area contributed by atoms with Crippen LogP contribution in [0, 0.1) is 5.92 Å². The zero-order chi connectivity index (χ0) is 14.2. The van der Waals surface area contributed by atoms with Gasteiger partial charge in [0.1, 0.15) is 5.82 Å². The van der Waals surface area contributed by atoms with E-state index in [9.17, 15) is 0 Å². The number of anilines is 1. The molecule has 0 bridgehead atoms. The van der Waals surface area contributed by atoms with Gasteiger partial charge in [-0.05, 0) is 13.0 Å². The molecule has 1 aromatic heterocycles. The minimum absolute atomic E-state index is 0.0364. The van der Waals surface area contributed by atoms with E-state index in [1.807, 2.05) is 0 Å². The van der Waals surface area contributed by atoms with Crippen LogP contribution in [0.2, 0.25) is 0 Å². The van der Waals surface area contributed by atoms with Gasteiger partial charge in [0.2, 0.25) is 5.13 Å². The maximum Gasteiger partial charge on any atom is 0.205 e.